The number of nitrogens with zero attached hydrogens (tertiary/aromatic N) is 5. The Hall–Kier alpha value is -3.39. The van der Waals surface area contributed by atoms with Crippen molar-refractivity contribution in [3.8, 4) is 17.1 Å². The smallest absolute Gasteiger partial charge is 0.258 e. The molecular weight excluding hydrogens is 366 g/mol. The van der Waals surface area contributed by atoms with Crippen LogP contribution in [-0.2, 0) is 6.61 Å². The van der Waals surface area contributed by atoms with E-state index in [9.17, 15) is 0 Å². The molecule has 4 rings (SSSR count). The van der Waals surface area contributed by atoms with Crippen LogP contribution >= 0.6 is 0 Å². The van der Waals surface area contributed by atoms with E-state index in [0.29, 0.717) is 17.4 Å². The normalized spacial score (nSPS) is 14.7. The molecule has 3 aromatic rings. The van der Waals surface area contributed by atoms with Crippen LogP contribution in [0.3, 0.4) is 0 Å². The highest BCUT2D eigenvalue weighted by Gasteiger charge is 2.15. The Morgan fingerprint density at radius 2 is 1.76 bits per heavy atom. The van der Waals surface area contributed by atoms with E-state index in [0.717, 1.165) is 37.3 Å². The van der Waals surface area contributed by atoms with Gasteiger partial charge in [-0.2, -0.15) is 0 Å². The van der Waals surface area contributed by atoms with Gasteiger partial charge in [0.15, 0.2) is 5.82 Å². The topological polar surface area (TPSA) is 106 Å². The first-order valence-electron chi connectivity index (χ1n) is 9.58. The highest BCUT2D eigenvalue weighted by Crippen LogP contribution is 2.26. The molecule has 2 aromatic heterocycles. The van der Waals surface area contributed by atoms with Gasteiger partial charge in [0.25, 0.3) is 5.88 Å². The van der Waals surface area contributed by atoms with Gasteiger partial charge in [0.05, 0.1) is 11.9 Å². The molecule has 150 valence electrons. The van der Waals surface area contributed by atoms with Crippen LogP contribution in [0, 0.1) is 0 Å². The van der Waals surface area contributed by atoms with Crippen molar-refractivity contribution in [1.82, 2.24) is 19.9 Å². The maximum atomic E-state index is 5.95. The number of pyridine rings is 1. The molecule has 0 amide bonds. The van der Waals surface area contributed by atoms with Gasteiger partial charge < -0.3 is 26.0 Å². The fourth-order valence-electron chi connectivity index (χ4n) is 3.27. The van der Waals surface area contributed by atoms with Crippen LogP contribution < -0.4 is 21.1 Å². The molecule has 0 radical (unpaired) electrons. The number of ether oxygens (including phenoxy) is 1. The largest absolute Gasteiger partial charge is 0.470 e. The zero-order valence-electron chi connectivity index (χ0n) is 16.5. The summed E-state index contributed by atoms with van der Waals surface area (Å²) in [5, 5.41) is 0. The summed E-state index contributed by atoms with van der Waals surface area (Å²) in [6.07, 6.45) is 3.30. The van der Waals surface area contributed by atoms with E-state index < -0.39 is 0 Å². The summed E-state index contributed by atoms with van der Waals surface area (Å²) in [5.41, 5.74) is 15.4. The molecule has 3 heterocycles. The van der Waals surface area contributed by atoms with Crippen LogP contribution in [0.25, 0.3) is 11.3 Å². The van der Waals surface area contributed by atoms with Crippen LogP contribution in [0.5, 0.6) is 5.88 Å². The van der Waals surface area contributed by atoms with Gasteiger partial charge in [-0.15, -0.1) is 0 Å². The van der Waals surface area contributed by atoms with Crippen LogP contribution in [0.1, 0.15) is 5.56 Å². The van der Waals surface area contributed by atoms with Gasteiger partial charge in [-0.25, -0.2) is 15.0 Å². The first kappa shape index (κ1) is 18.9. The summed E-state index contributed by atoms with van der Waals surface area (Å²) in [6.45, 7) is 4.52. The van der Waals surface area contributed by atoms with Crippen molar-refractivity contribution in [2.75, 3.05) is 49.6 Å². The average Bonchev–Trinajstić information content (AvgIpc) is 2.74. The quantitative estimate of drug-likeness (QED) is 0.680. The van der Waals surface area contributed by atoms with Gasteiger partial charge in [0, 0.05) is 43.6 Å². The molecule has 1 saturated heterocycles. The molecule has 29 heavy (non-hydrogen) atoms. The molecule has 0 saturated carbocycles. The van der Waals surface area contributed by atoms with Gasteiger partial charge in [-0.05, 0) is 36.9 Å². The Bertz CT molecular complexity index is 969. The zero-order chi connectivity index (χ0) is 20.2. The minimum absolute atomic E-state index is 0.254. The molecule has 4 N–H and O–H groups in total. The third kappa shape index (κ3) is 4.55. The summed E-state index contributed by atoms with van der Waals surface area (Å²) < 4.78 is 5.77. The van der Waals surface area contributed by atoms with Crippen molar-refractivity contribution in [3.63, 3.8) is 0 Å². The highest BCUT2D eigenvalue weighted by molar-refractivity contribution is 5.64. The van der Waals surface area contributed by atoms with Crippen LogP contribution in [0.2, 0.25) is 0 Å². The second-order valence-electron chi connectivity index (χ2n) is 7.16. The predicted molar refractivity (Wildman–Crippen MR) is 115 cm³/mol. The number of aromatic nitrogens is 3. The summed E-state index contributed by atoms with van der Waals surface area (Å²) in [5.74, 6) is 1.00. The number of rotatable bonds is 5. The number of piperazine rings is 1. The van der Waals surface area contributed by atoms with Gasteiger partial charge in [0.1, 0.15) is 12.4 Å². The number of anilines is 3. The third-order valence-corrected chi connectivity index (χ3v) is 5.02. The van der Waals surface area contributed by atoms with Crippen LogP contribution in [0.4, 0.5) is 17.3 Å². The van der Waals surface area contributed by atoms with Crippen molar-refractivity contribution in [1.29, 1.82) is 0 Å². The molecule has 1 aliphatic rings. The first-order chi connectivity index (χ1) is 14.1. The van der Waals surface area contributed by atoms with E-state index in [1.165, 1.54) is 5.69 Å². The van der Waals surface area contributed by atoms with Crippen molar-refractivity contribution in [2.45, 2.75) is 6.61 Å². The van der Waals surface area contributed by atoms with Crippen molar-refractivity contribution < 1.29 is 4.74 Å². The van der Waals surface area contributed by atoms with E-state index in [1.807, 2.05) is 6.07 Å². The minimum Gasteiger partial charge on any atom is -0.470 e. The van der Waals surface area contributed by atoms with Gasteiger partial charge in [0.2, 0.25) is 0 Å². The molecule has 1 fully saturated rings. The molecule has 0 aliphatic carbocycles. The lowest BCUT2D eigenvalue weighted by Crippen LogP contribution is -2.44. The monoisotopic (exact) mass is 391 g/mol. The molecule has 8 heteroatoms. The lowest BCUT2D eigenvalue weighted by molar-refractivity contribution is 0.295. The second kappa shape index (κ2) is 8.32. The first-order valence-corrected chi connectivity index (χ1v) is 9.58. The van der Waals surface area contributed by atoms with E-state index in [1.54, 1.807) is 18.5 Å². The number of benzene rings is 1. The van der Waals surface area contributed by atoms with E-state index >= 15 is 0 Å². The molecule has 1 aromatic carbocycles. The molecule has 0 unspecified atom stereocenters. The summed E-state index contributed by atoms with van der Waals surface area (Å²) >= 11 is 0. The number of likely N-dealkylation sites (N-methyl/N-ethyl adjacent to an activating group) is 1. The minimum atomic E-state index is 0.254. The molecule has 0 bridgehead atoms. The highest BCUT2D eigenvalue weighted by atomic mass is 16.5. The Balaban J connectivity index is 1.48. The Morgan fingerprint density at radius 1 is 1.00 bits per heavy atom. The molecule has 0 spiro atoms. The fraction of sp³-hybridized carbons (Fsp3) is 0.286. The maximum Gasteiger partial charge on any atom is 0.258 e. The van der Waals surface area contributed by atoms with Gasteiger partial charge >= 0.3 is 0 Å². The molecule has 8 nitrogen and oxygen atoms in total. The predicted octanol–water partition coefficient (Wildman–Crippen LogP) is 2.03. The van der Waals surface area contributed by atoms with E-state index in [4.69, 9.17) is 16.2 Å². The van der Waals surface area contributed by atoms with Crippen molar-refractivity contribution >= 4 is 17.3 Å². The van der Waals surface area contributed by atoms with Gasteiger partial charge in [-0.3, -0.25) is 0 Å². The third-order valence-electron chi connectivity index (χ3n) is 5.02. The zero-order valence-corrected chi connectivity index (χ0v) is 16.5. The van der Waals surface area contributed by atoms with Gasteiger partial charge in [-0.1, -0.05) is 12.1 Å². The maximum absolute atomic E-state index is 5.95. The summed E-state index contributed by atoms with van der Waals surface area (Å²) in [4.78, 5) is 17.5. The summed E-state index contributed by atoms with van der Waals surface area (Å²) in [7, 11) is 2.16. The number of hydrogen-bond donors (Lipinski definition) is 2. The lowest BCUT2D eigenvalue weighted by atomic mass is 10.1. The second-order valence-corrected chi connectivity index (χ2v) is 7.16. The molecule has 1 aliphatic heterocycles. The molecular formula is C21H25N7O. The Labute approximate surface area is 170 Å². The molecule has 0 atom stereocenters. The Morgan fingerprint density at radius 3 is 2.48 bits per heavy atom. The van der Waals surface area contributed by atoms with E-state index in [2.05, 4.69) is 56.1 Å². The average molecular weight is 391 g/mol. The Kier molecular flexibility index (Phi) is 5.44. The fourth-order valence-corrected chi connectivity index (χ4v) is 3.27. The summed E-state index contributed by atoms with van der Waals surface area (Å²) in [6, 6.07) is 12.0. The SMILES string of the molecule is CN1CCN(c2ccc(-c3cnc(N)c(OCc4ccnc(N)c4)n3)cc2)CC1. The van der Waals surface area contributed by atoms with Crippen LogP contribution in [0.15, 0.2) is 48.8 Å². The number of hydrogen-bond acceptors (Lipinski definition) is 8. The standard InChI is InChI=1S/C21H25N7O/c1-27-8-10-28(11-9-27)17-4-2-16(3-5-17)18-13-25-20(23)21(26-18)29-14-15-6-7-24-19(22)12-15/h2-7,12-13H,8-11,14H2,1H3,(H2,22,24)(H2,23,25). The lowest BCUT2D eigenvalue weighted by Gasteiger charge is -2.34. The van der Waals surface area contributed by atoms with Crippen LogP contribution in [-0.4, -0.2) is 53.1 Å². The van der Waals surface area contributed by atoms with Crippen molar-refractivity contribution in [3.05, 3.63) is 54.4 Å². The number of nitrogen functional groups attached to an aromatic ring is 2. The van der Waals surface area contributed by atoms with Crippen molar-refractivity contribution in [2.24, 2.45) is 0 Å². The number of nitrogens with two attached hydrogens (primary N) is 2. The van der Waals surface area contributed by atoms with E-state index in [-0.39, 0.29) is 12.4 Å².